The standard InChI is InChI=1S/C34H44Cl2FN5O5/c1-34(2,3)47-33(43)42-21-7-8-22(42)18-23(17-21)46-29-19-24(32(39-5)40-26-10-9-25(35)30(36)31(26)37)27(38-4)20-28(29)45-14-6-11-41-12-15-44-16-13-41/h9-10,19-23H,4,6-8,11-18H2,1-3,5H3,(H,39,40)/t21-,22+,23?. The number of hydrogen-bond donors (Lipinski definition) is 1. The lowest BCUT2D eigenvalue weighted by atomic mass is 10.00. The van der Waals surface area contributed by atoms with Gasteiger partial charge in [0, 0.05) is 63.2 Å². The van der Waals surface area contributed by atoms with Gasteiger partial charge in [0.1, 0.15) is 17.5 Å². The van der Waals surface area contributed by atoms with E-state index in [2.05, 4.69) is 26.9 Å². The molecule has 3 fully saturated rings. The highest BCUT2D eigenvalue weighted by Crippen LogP contribution is 2.42. The second-order valence-corrected chi connectivity index (χ2v) is 13.8. The van der Waals surface area contributed by atoms with Crippen molar-refractivity contribution < 1.29 is 28.1 Å². The minimum Gasteiger partial charge on any atom is -0.490 e. The number of benzene rings is 2. The van der Waals surface area contributed by atoms with Crippen LogP contribution in [0.15, 0.2) is 34.3 Å². The van der Waals surface area contributed by atoms with Gasteiger partial charge >= 0.3 is 6.09 Å². The fourth-order valence-corrected chi connectivity index (χ4v) is 6.69. The Bertz CT molecular complexity index is 1470. The summed E-state index contributed by atoms with van der Waals surface area (Å²) in [5.41, 5.74) is 0.556. The number of nitrogens with one attached hydrogen (secondary N) is 1. The van der Waals surface area contributed by atoms with Gasteiger partial charge in [-0.05, 0) is 65.0 Å². The molecule has 3 aliphatic rings. The van der Waals surface area contributed by atoms with E-state index < -0.39 is 11.4 Å². The summed E-state index contributed by atoms with van der Waals surface area (Å²) in [6, 6.07) is 6.62. The molecule has 2 aromatic carbocycles. The summed E-state index contributed by atoms with van der Waals surface area (Å²) in [4.78, 5) is 25.9. The SMILES string of the molecule is C=Nc1cc(OCCCN2CCOCC2)c(OC2C[C@H]3CC[C@@H](C2)N3C(=O)OC(C)(C)C)cc1C(=NC)Nc1ccc(Cl)c(Cl)c1F. The molecular weight excluding hydrogens is 648 g/mol. The number of ether oxygens (including phenoxy) is 4. The number of morpholine rings is 1. The predicted octanol–water partition coefficient (Wildman–Crippen LogP) is 7.36. The molecule has 0 aromatic heterocycles. The van der Waals surface area contributed by atoms with Gasteiger partial charge in [0.2, 0.25) is 0 Å². The summed E-state index contributed by atoms with van der Waals surface area (Å²) in [6.07, 6.45) is 3.47. The molecule has 3 aliphatic heterocycles. The number of rotatable bonds is 10. The fourth-order valence-electron chi connectivity index (χ4n) is 6.38. The van der Waals surface area contributed by atoms with Gasteiger partial charge in [-0.2, -0.15) is 0 Å². The average molecular weight is 693 g/mol. The van der Waals surface area contributed by atoms with Crippen molar-refractivity contribution in [3.63, 3.8) is 0 Å². The molecule has 0 saturated carbocycles. The zero-order valence-corrected chi connectivity index (χ0v) is 29.0. The van der Waals surface area contributed by atoms with Crippen LogP contribution in [0.2, 0.25) is 10.0 Å². The molecule has 0 aliphatic carbocycles. The van der Waals surface area contributed by atoms with Crippen LogP contribution in [0.5, 0.6) is 11.5 Å². The van der Waals surface area contributed by atoms with Gasteiger partial charge in [-0.1, -0.05) is 23.2 Å². The van der Waals surface area contributed by atoms with Crippen molar-refractivity contribution in [3.05, 3.63) is 45.7 Å². The van der Waals surface area contributed by atoms with Crippen LogP contribution in [-0.4, -0.2) is 98.7 Å². The number of fused-ring (bicyclic) bond motifs is 2. The third kappa shape index (κ3) is 8.68. The highest BCUT2D eigenvalue weighted by Gasteiger charge is 2.45. The second kappa shape index (κ2) is 15.4. The molecule has 10 nitrogen and oxygen atoms in total. The van der Waals surface area contributed by atoms with E-state index in [-0.39, 0.29) is 40.0 Å². The molecule has 256 valence electrons. The quantitative estimate of drug-likeness (QED) is 0.120. The van der Waals surface area contributed by atoms with Gasteiger partial charge in [-0.3, -0.25) is 14.9 Å². The Hall–Kier alpha value is -3.12. The van der Waals surface area contributed by atoms with Gasteiger partial charge in [0.25, 0.3) is 0 Å². The number of piperidine rings is 1. The largest absolute Gasteiger partial charge is 0.490 e. The number of amidine groups is 1. The van der Waals surface area contributed by atoms with E-state index in [1.165, 1.54) is 12.1 Å². The number of anilines is 1. The first-order valence-corrected chi connectivity index (χ1v) is 16.9. The van der Waals surface area contributed by atoms with Gasteiger partial charge in [-0.15, -0.1) is 0 Å². The number of carbonyl (C=O) groups excluding carboxylic acids is 1. The lowest BCUT2D eigenvalue weighted by Gasteiger charge is -2.39. The summed E-state index contributed by atoms with van der Waals surface area (Å²) < 4.78 is 39.2. The van der Waals surface area contributed by atoms with Gasteiger partial charge in [0.15, 0.2) is 17.3 Å². The number of nitrogens with zero attached hydrogens (tertiary/aromatic N) is 4. The Morgan fingerprint density at radius 2 is 1.83 bits per heavy atom. The van der Waals surface area contributed by atoms with Crippen LogP contribution in [-0.2, 0) is 9.47 Å². The zero-order chi connectivity index (χ0) is 33.7. The van der Waals surface area contributed by atoms with E-state index >= 15 is 4.39 Å². The monoisotopic (exact) mass is 691 g/mol. The average Bonchev–Trinajstić information content (AvgIpc) is 3.32. The Morgan fingerprint density at radius 1 is 1.13 bits per heavy atom. The van der Waals surface area contributed by atoms with Crippen molar-refractivity contribution in [1.29, 1.82) is 0 Å². The number of carbonyl (C=O) groups is 1. The van der Waals surface area contributed by atoms with Crippen molar-refractivity contribution in [2.45, 2.75) is 76.7 Å². The summed E-state index contributed by atoms with van der Waals surface area (Å²) in [5.74, 6) is 0.660. The van der Waals surface area contributed by atoms with Crippen molar-refractivity contribution in [1.82, 2.24) is 9.80 Å². The van der Waals surface area contributed by atoms with Crippen LogP contribution in [0.1, 0.15) is 58.4 Å². The summed E-state index contributed by atoms with van der Waals surface area (Å²) in [6.45, 7) is 14.1. The molecule has 0 radical (unpaired) electrons. The molecule has 13 heteroatoms. The second-order valence-electron chi connectivity index (χ2n) is 13.0. The lowest BCUT2D eigenvalue weighted by molar-refractivity contribution is -0.00745. The molecule has 3 heterocycles. The van der Waals surface area contributed by atoms with Crippen LogP contribution in [0, 0.1) is 5.82 Å². The minimum absolute atomic E-state index is 0.0205. The topological polar surface area (TPSA) is 97.2 Å². The maximum Gasteiger partial charge on any atom is 0.410 e. The molecule has 5 rings (SSSR count). The first kappa shape index (κ1) is 35.2. The van der Waals surface area contributed by atoms with Crippen LogP contribution in [0.4, 0.5) is 20.6 Å². The van der Waals surface area contributed by atoms with Crippen molar-refractivity contribution in [3.8, 4) is 11.5 Å². The summed E-state index contributed by atoms with van der Waals surface area (Å²) in [5, 5.41) is 2.95. The van der Waals surface area contributed by atoms with E-state index in [0.717, 1.165) is 52.1 Å². The minimum atomic E-state index is -0.697. The van der Waals surface area contributed by atoms with Crippen LogP contribution >= 0.6 is 23.2 Å². The molecule has 3 saturated heterocycles. The Kier molecular flexibility index (Phi) is 11.5. The van der Waals surface area contributed by atoms with Crippen LogP contribution < -0.4 is 14.8 Å². The van der Waals surface area contributed by atoms with Crippen LogP contribution in [0.3, 0.4) is 0 Å². The highest BCUT2D eigenvalue weighted by atomic mass is 35.5. The molecule has 1 N–H and O–H groups in total. The first-order valence-electron chi connectivity index (χ1n) is 16.1. The van der Waals surface area contributed by atoms with Crippen molar-refractivity contribution in [2.75, 3.05) is 51.8 Å². The first-order chi connectivity index (χ1) is 22.5. The highest BCUT2D eigenvalue weighted by molar-refractivity contribution is 6.42. The predicted molar refractivity (Wildman–Crippen MR) is 184 cm³/mol. The van der Waals surface area contributed by atoms with Crippen molar-refractivity contribution in [2.24, 2.45) is 9.98 Å². The van der Waals surface area contributed by atoms with E-state index in [4.69, 9.17) is 42.1 Å². The molecule has 47 heavy (non-hydrogen) atoms. The van der Waals surface area contributed by atoms with E-state index in [1.807, 2.05) is 25.7 Å². The van der Waals surface area contributed by atoms with Gasteiger partial charge in [0.05, 0.1) is 41.2 Å². The molecule has 3 atom stereocenters. The molecule has 2 aromatic rings. The lowest BCUT2D eigenvalue weighted by Crippen LogP contribution is -2.50. The van der Waals surface area contributed by atoms with Crippen molar-refractivity contribution >= 4 is 53.2 Å². The van der Waals surface area contributed by atoms with Crippen LogP contribution in [0.25, 0.3) is 0 Å². The molecule has 2 bridgehead atoms. The Balaban J connectivity index is 1.39. The van der Waals surface area contributed by atoms with E-state index in [1.54, 1.807) is 19.2 Å². The Labute approximate surface area is 286 Å². The zero-order valence-electron chi connectivity index (χ0n) is 27.5. The maximum atomic E-state index is 15.0. The molecule has 1 unspecified atom stereocenters. The third-order valence-corrected chi connectivity index (χ3v) is 9.35. The molecule has 1 amide bonds. The number of halogens is 3. The maximum absolute atomic E-state index is 15.0. The van der Waals surface area contributed by atoms with Gasteiger partial charge in [-0.25, -0.2) is 9.18 Å². The normalized spacial score (nSPS) is 21.8. The number of amides is 1. The third-order valence-electron chi connectivity index (χ3n) is 8.57. The van der Waals surface area contributed by atoms with E-state index in [0.29, 0.717) is 48.0 Å². The van der Waals surface area contributed by atoms with Gasteiger partial charge < -0.3 is 29.2 Å². The number of aliphatic imine (C=N–C) groups is 2. The van der Waals surface area contributed by atoms with E-state index in [9.17, 15) is 4.79 Å². The molecular formula is C34H44Cl2FN5O5. The molecule has 0 spiro atoms. The number of hydrogen-bond acceptors (Lipinski definition) is 8. The smallest absolute Gasteiger partial charge is 0.410 e. The summed E-state index contributed by atoms with van der Waals surface area (Å²) >= 11 is 12.1. The summed E-state index contributed by atoms with van der Waals surface area (Å²) in [7, 11) is 1.59. The Morgan fingerprint density at radius 3 is 2.47 bits per heavy atom. The fraction of sp³-hybridized carbons (Fsp3) is 0.559.